The Labute approximate surface area is 543 Å². The van der Waals surface area contributed by atoms with Gasteiger partial charge in [0, 0.05) is 82.0 Å². The molecule has 0 aliphatic rings. The van der Waals surface area contributed by atoms with Crippen LogP contribution < -0.4 is 18.9 Å². The fraction of sp³-hybridized carbons (Fsp3) is 0.188. The maximum absolute atomic E-state index is 12.6. The van der Waals surface area contributed by atoms with Crippen molar-refractivity contribution >= 4 is 68.5 Å². The Bertz CT molecular complexity index is 4350. The van der Waals surface area contributed by atoms with Gasteiger partial charge in [-0.15, -0.1) is 45.3 Å². The molecule has 92 heavy (non-hydrogen) atoms. The van der Waals surface area contributed by atoms with Crippen molar-refractivity contribution in [3.8, 4) is 46.0 Å². The highest BCUT2D eigenvalue weighted by molar-refractivity contribution is 7.12. The normalized spacial score (nSPS) is 10.7. The molecule has 0 unspecified atom stereocenters. The molecule has 0 aromatic carbocycles. The van der Waals surface area contributed by atoms with Crippen LogP contribution in [0.5, 0.6) is 46.0 Å². The largest absolute Gasteiger partial charge is 0.454 e. The molecule has 24 nitrogen and oxygen atoms in total. The second kappa shape index (κ2) is 32.7. The quantitative estimate of drug-likeness (QED) is 0.0603. The third-order valence-electron chi connectivity index (χ3n) is 12.0. The topological polar surface area (TPSA) is 311 Å². The van der Waals surface area contributed by atoms with Crippen molar-refractivity contribution in [3.05, 3.63) is 235 Å². The van der Waals surface area contributed by atoms with Crippen LogP contribution in [0, 0.1) is 13.8 Å². The van der Waals surface area contributed by atoms with Crippen LogP contribution in [0.2, 0.25) is 0 Å². The average Bonchev–Trinajstić information content (AvgIpc) is 2.71. The van der Waals surface area contributed by atoms with Crippen molar-refractivity contribution in [1.29, 1.82) is 0 Å². The number of nitrogens with zero attached hydrogens (tertiary/aromatic N) is 16. The molecular weight excluding hydrogens is 1250 g/mol. The van der Waals surface area contributed by atoms with Crippen LogP contribution in [0.1, 0.15) is 112 Å². The summed E-state index contributed by atoms with van der Waals surface area (Å²) in [7, 11) is 0. The van der Waals surface area contributed by atoms with Gasteiger partial charge in [0.05, 0.1) is 86.6 Å². The smallest absolute Gasteiger partial charge is 0.188 e. The summed E-state index contributed by atoms with van der Waals surface area (Å²) in [5, 5.41) is 8.90. The molecule has 12 aromatic rings. The molecule has 0 amide bonds. The van der Waals surface area contributed by atoms with Gasteiger partial charge < -0.3 is 18.9 Å². The van der Waals surface area contributed by atoms with Gasteiger partial charge in [-0.05, 0) is 49.9 Å². The number of pyridine rings is 4. The number of ether oxygens (including phenoxy) is 4. The predicted octanol–water partition coefficient (Wildman–Crippen LogP) is 12.7. The number of aromatic nitrogens is 16. The van der Waals surface area contributed by atoms with Crippen molar-refractivity contribution in [2.75, 3.05) is 0 Å². The van der Waals surface area contributed by atoms with Gasteiger partial charge in [-0.3, -0.25) is 39.1 Å². The lowest BCUT2D eigenvalue weighted by Crippen LogP contribution is -2.10. The number of ketones is 4. The summed E-state index contributed by atoms with van der Waals surface area (Å²) in [5.41, 5.74) is 4.33. The van der Waals surface area contributed by atoms with E-state index in [9.17, 15) is 19.2 Å². The maximum Gasteiger partial charge on any atom is 0.188 e. The summed E-state index contributed by atoms with van der Waals surface area (Å²) in [5.74, 6) is 3.72. The molecule has 0 spiro atoms. The Morgan fingerprint density at radius 1 is 0.413 bits per heavy atom. The zero-order chi connectivity index (χ0) is 64.7. The van der Waals surface area contributed by atoms with Gasteiger partial charge in [-0.1, -0.05) is 27.7 Å². The van der Waals surface area contributed by atoms with Crippen molar-refractivity contribution in [1.82, 2.24) is 79.7 Å². The minimum absolute atomic E-state index is 0.0206. The van der Waals surface area contributed by atoms with Crippen LogP contribution in [-0.4, -0.2) is 103 Å². The predicted molar refractivity (Wildman–Crippen MR) is 344 cm³/mol. The highest BCUT2D eigenvalue weighted by atomic mass is 32.1. The second-order valence-electron chi connectivity index (χ2n) is 20.3. The first kappa shape index (κ1) is 65.8. The molecule has 12 rings (SSSR count). The number of carbonyl (C=O) groups excluding carboxylic acids is 4. The van der Waals surface area contributed by atoms with Crippen molar-refractivity contribution < 1.29 is 38.1 Å². The Morgan fingerprint density at radius 3 is 1.09 bits per heavy atom. The van der Waals surface area contributed by atoms with Crippen molar-refractivity contribution in [2.24, 2.45) is 0 Å². The van der Waals surface area contributed by atoms with Gasteiger partial charge in [0.2, 0.25) is 0 Å². The molecule has 464 valence electrons. The SMILES string of the molecule is CCc1csc(CC(=O)c2cc(Oc3cncnc3)ccn2)n1.Cc1csc(CC(=O)c2cc(Oc3cncnc3)ccn2)n1.Cc1nc(CC(=O)c2cc(Oc3cncnc3)ccn2)sc1C(C)(C)C.O=C(Cc1nccs1)c1cc(Oc2cncnc2)ccn1. The van der Waals surface area contributed by atoms with E-state index in [-0.39, 0.29) is 54.2 Å². The molecule has 12 heterocycles. The zero-order valence-corrected chi connectivity index (χ0v) is 53.5. The number of rotatable bonds is 21. The Kier molecular flexibility index (Phi) is 23.4. The first-order valence-corrected chi connectivity index (χ1v) is 31.4. The van der Waals surface area contributed by atoms with E-state index < -0.39 is 0 Å². The maximum atomic E-state index is 12.6. The minimum Gasteiger partial charge on any atom is -0.454 e. The van der Waals surface area contributed by atoms with E-state index >= 15 is 0 Å². The Hall–Kier alpha value is -10.7. The monoisotopic (exact) mass is 1300 g/mol. The molecule has 0 bridgehead atoms. The van der Waals surface area contributed by atoms with Gasteiger partial charge in [0.1, 0.15) is 91.1 Å². The van der Waals surface area contributed by atoms with Crippen molar-refractivity contribution in [3.63, 3.8) is 0 Å². The van der Waals surface area contributed by atoms with E-state index in [1.807, 2.05) is 36.9 Å². The zero-order valence-electron chi connectivity index (χ0n) is 50.3. The van der Waals surface area contributed by atoms with E-state index in [4.69, 9.17) is 18.9 Å². The molecule has 12 aromatic heterocycles. The van der Waals surface area contributed by atoms with E-state index in [1.165, 1.54) is 70.4 Å². The first-order chi connectivity index (χ1) is 44.6. The number of hydrogen-bond donors (Lipinski definition) is 0. The highest BCUT2D eigenvalue weighted by Crippen LogP contribution is 2.32. The van der Waals surface area contributed by atoms with E-state index in [0.29, 0.717) is 68.8 Å². The fourth-order valence-corrected chi connectivity index (χ4v) is 11.3. The number of carbonyl (C=O) groups is 4. The summed E-state index contributed by atoms with van der Waals surface area (Å²) in [4.78, 5) is 115. The third kappa shape index (κ3) is 20.4. The molecule has 0 atom stereocenters. The van der Waals surface area contributed by atoms with Crippen LogP contribution in [0.3, 0.4) is 0 Å². The van der Waals surface area contributed by atoms with Gasteiger partial charge in [-0.2, -0.15) is 0 Å². The molecule has 0 fully saturated rings. The average molecular weight is 1310 g/mol. The molecule has 0 aliphatic heterocycles. The molecule has 0 N–H and O–H groups in total. The molecule has 0 radical (unpaired) electrons. The van der Waals surface area contributed by atoms with Crippen LogP contribution in [-0.2, 0) is 37.5 Å². The van der Waals surface area contributed by atoms with Crippen LogP contribution in [0.15, 0.2) is 171 Å². The summed E-state index contributed by atoms with van der Waals surface area (Å²) < 4.78 is 22.4. The van der Waals surface area contributed by atoms with Gasteiger partial charge in [0.25, 0.3) is 0 Å². The molecule has 0 aliphatic carbocycles. The van der Waals surface area contributed by atoms with Crippen LogP contribution in [0.4, 0.5) is 0 Å². The lowest BCUT2D eigenvalue weighted by molar-refractivity contribution is 0.0980. The number of aryl methyl sites for hydroxylation is 3. The Balaban J connectivity index is 0.000000145. The summed E-state index contributed by atoms with van der Waals surface area (Å²) in [6.07, 6.45) is 27.8. The third-order valence-corrected chi connectivity index (χ3v) is 16.3. The van der Waals surface area contributed by atoms with Gasteiger partial charge >= 0.3 is 0 Å². The second-order valence-corrected chi connectivity index (χ2v) is 24.2. The van der Waals surface area contributed by atoms with Gasteiger partial charge in [-0.25, -0.2) is 59.8 Å². The summed E-state index contributed by atoms with van der Waals surface area (Å²) in [6, 6.07) is 13.2. The first-order valence-electron chi connectivity index (χ1n) is 28.0. The van der Waals surface area contributed by atoms with E-state index in [2.05, 4.69) is 101 Å². The number of Topliss-reactive ketones (excluding diaryl/α,β-unsaturated/α-hetero) is 4. The highest BCUT2D eigenvalue weighted by Gasteiger charge is 2.23. The number of hydrogen-bond acceptors (Lipinski definition) is 28. The molecular formula is C64H56N16O8S4. The number of thiazole rings is 4. The van der Waals surface area contributed by atoms with E-state index in [0.717, 1.165) is 43.5 Å². The van der Waals surface area contributed by atoms with Crippen LogP contribution in [0.25, 0.3) is 0 Å². The summed E-state index contributed by atoms with van der Waals surface area (Å²) >= 11 is 6.00. The minimum atomic E-state index is -0.0975. The standard InChI is InChI=1S/C19H20N4O2S.C16H14N4O2S.C15H12N4O2S.C14H10N4O2S/c1-12-18(19(2,3)4)26-17(23-12)8-16(24)15-7-13(5-6-22-15)25-14-9-20-11-21-10-14;1-2-11-9-23-16(20-11)6-15(21)14-5-12(3-4-19-14)22-13-7-17-10-18-8-13;1-10-8-22-15(19-10)5-14(20)13-4-11(2-3-18-13)21-12-6-16-9-17-7-12;19-13(6-14-18-3-4-21-14)12-5-10(1-2-17-12)20-11-7-15-9-16-8-11/h5-7,9-11H,8H2,1-4H3;3-5,7-10H,2,6H2,1H3;2-4,6-9H,5H2,1H3;1-5,7-9H,6H2. The summed E-state index contributed by atoms with van der Waals surface area (Å²) in [6.45, 7) is 12.4. The molecule has 28 heteroatoms. The molecule has 0 saturated heterocycles. The Morgan fingerprint density at radius 2 is 0.772 bits per heavy atom. The van der Waals surface area contributed by atoms with E-state index in [1.54, 1.807) is 134 Å². The fourth-order valence-electron chi connectivity index (χ4n) is 7.96. The lowest BCUT2D eigenvalue weighted by Gasteiger charge is -2.16. The molecule has 0 saturated carbocycles. The van der Waals surface area contributed by atoms with Crippen LogP contribution >= 0.6 is 45.3 Å². The van der Waals surface area contributed by atoms with Crippen molar-refractivity contribution in [2.45, 2.75) is 79.1 Å². The van der Waals surface area contributed by atoms with Gasteiger partial charge in [0.15, 0.2) is 46.1 Å². The lowest BCUT2D eigenvalue weighted by atomic mass is 9.93.